The number of terminal acetylenes is 1. The third-order valence-electron chi connectivity index (χ3n) is 2.17. The molecule has 0 aromatic carbocycles. The Morgan fingerprint density at radius 2 is 2.38 bits per heavy atom. The molecule has 88 valence electrons. The zero-order valence-electron chi connectivity index (χ0n) is 9.34. The van der Waals surface area contributed by atoms with Crippen molar-refractivity contribution in [3.63, 3.8) is 0 Å². The summed E-state index contributed by atoms with van der Waals surface area (Å²) in [6.07, 6.45) is 8.97. The van der Waals surface area contributed by atoms with Crippen molar-refractivity contribution in [1.82, 2.24) is 14.5 Å². The quantitative estimate of drug-likeness (QED) is 0.763. The molecule has 1 unspecified atom stereocenters. The first-order valence-corrected chi connectivity index (χ1v) is 6.42. The van der Waals surface area contributed by atoms with Gasteiger partial charge < -0.3 is 0 Å². The van der Waals surface area contributed by atoms with Crippen molar-refractivity contribution in [2.75, 3.05) is 0 Å². The number of sulfonamides is 1. The van der Waals surface area contributed by atoms with E-state index in [4.69, 9.17) is 6.42 Å². The van der Waals surface area contributed by atoms with E-state index in [0.29, 0.717) is 12.8 Å². The van der Waals surface area contributed by atoms with Crippen LogP contribution in [0.25, 0.3) is 0 Å². The average Bonchev–Trinajstić information content (AvgIpc) is 2.64. The zero-order chi connectivity index (χ0) is 12.2. The van der Waals surface area contributed by atoms with Crippen LogP contribution in [0.1, 0.15) is 19.8 Å². The Morgan fingerprint density at radius 3 is 2.81 bits per heavy atom. The maximum atomic E-state index is 11.9. The summed E-state index contributed by atoms with van der Waals surface area (Å²) >= 11 is 0. The van der Waals surface area contributed by atoms with Crippen LogP contribution in [0.4, 0.5) is 0 Å². The summed E-state index contributed by atoms with van der Waals surface area (Å²) in [5.74, 6) is 2.45. The molecule has 0 amide bonds. The fourth-order valence-electron chi connectivity index (χ4n) is 1.24. The molecular weight excluding hydrogens is 226 g/mol. The van der Waals surface area contributed by atoms with E-state index in [1.165, 1.54) is 17.1 Å². The molecule has 0 aliphatic heterocycles. The molecular formula is C10H15N3O2S. The Bertz CT molecular complexity index is 484. The predicted octanol–water partition coefficient (Wildman–Crippen LogP) is 0.500. The molecule has 5 nitrogen and oxygen atoms in total. The number of aryl methyl sites for hydroxylation is 1. The molecule has 16 heavy (non-hydrogen) atoms. The zero-order valence-corrected chi connectivity index (χ0v) is 10.2. The average molecular weight is 241 g/mol. The van der Waals surface area contributed by atoms with Gasteiger partial charge in [-0.3, -0.25) is 4.68 Å². The number of nitrogens with zero attached hydrogens (tertiary/aromatic N) is 2. The third-order valence-corrected chi connectivity index (χ3v) is 3.65. The molecule has 1 atom stereocenters. The van der Waals surface area contributed by atoms with Gasteiger partial charge in [-0.05, 0) is 6.42 Å². The van der Waals surface area contributed by atoms with Crippen LogP contribution in [-0.2, 0) is 17.1 Å². The fourth-order valence-corrected chi connectivity index (χ4v) is 2.54. The molecule has 0 aliphatic rings. The topological polar surface area (TPSA) is 64.0 Å². The van der Waals surface area contributed by atoms with Crippen LogP contribution in [0.5, 0.6) is 0 Å². The van der Waals surface area contributed by atoms with Crippen molar-refractivity contribution in [3.8, 4) is 12.3 Å². The molecule has 1 rings (SSSR count). The first-order valence-electron chi connectivity index (χ1n) is 4.94. The summed E-state index contributed by atoms with van der Waals surface area (Å²) in [6.45, 7) is 1.88. The van der Waals surface area contributed by atoms with Gasteiger partial charge in [-0.2, -0.15) is 5.10 Å². The van der Waals surface area contributed by atoms with Crippen molar-refractivity contribution in [1.29, 1.82) is 0 Å². The highest BCUT2D eigenvalue weighted by atomic mass is 32.2. The lowest BCUT2D eigenvalue weighted by Gasteiger charge is -2.13. The van der Waals surface area contributed by atoms with E-state index in [2.05, 4.69) is 15.7 Å². The number of hydrogen-bond donors (Lipinski definition) is 1. The summed E-state index contributed by atoms with van der Waals surface area (Å²) in [6, 6.07) is -0.227. The molecule has 0 fully saturated rings. The van der Waals surface area contributed by atoms with E-state index in [1.807, 2.05) is 6.92 Å². The van der Waals surface area contributed by atoms with Gasteiger partial charge in [0.15, 0.2) is 0 Å². The molecule has 0 saturated carbocycles. The first kappa shape index (κ1) is 12.7. The molecule has 0 bridgehead atoms. The van der Waals surface area contributed by atoms with Gasteiger partial charge in [0, 0.05) is 25.7 Å². The van der Waals surface area contributed by atoms with Gasteiger partial charge in [0.2, 0.25) is 10.0 Å². The van der Waals surface area contributed by atoms with Gasteiger partial charge in [-0.15, -0.1) is 12.3 Å². The van der Waals surface area contributed by atoms with E-state index in [1.54, 1.807) is 7.05 Å². The van der Waals surface area contributed by atoms with Crippen LogP contribution in [0, 0.1) is 12.3 Å². The van der Waals surface area contributed by atoms with Gasteiger partial charge in [0.1, 0.15) is 4.90 Å². The normalized spacial score (nSPS) is 13.3. The van der Waals surface area contributed by atoms with Gasteiger partial charge in [-0.1, -0.05) is 6.92 Å². The van der Waals surface area contributed by atoms with Gasteiger partial charge in [-0.25, -0.2) is 13.1 Å². The lowest BCUT2D eigenvalue weighted by molar-refractivity contribution is 0.544. The monoisotopic (exact) mass is 241 g/mol. The lowest BCUT2D eigenvalue weighted by Crippen LogP contribution is -2.33. The van der Waals surface area contributed by atoms with E-state index in [0.717, 1.165) is 0 Å². The Morgan fingerprint density at radius 1 is 1.69 bits per heavy atom. The van der Waals surface area contributed by atoms with Crippen LogP contribution in [0.15, 0.2) is 17.3 Å². The van der Waals surface area contributed by atoms with Crippen LogP contribution < -0.4 is 4.72 Å². The number of nitrogens with one attached hydrogen (secondary N) is 1. The Kier molecular flexibility index (Phi) is 4.10. The van der Waals surface area contributed by atoms with Crippen LogP contribution >= 0.6 is 0 Å². The molecule has 0 aliphatic carbocycles. The fraction of sp³-hybridized carbons (Fsp3) is 0.500. The Balaban J connectivity index is 2.83. The SMILES string of the molecule is C#CCC(CC)NS(=O)(=O)c1cnn(C)c1. The Labute approximate surface area is 95.9 Å². The van der Waals surface area contributed by atoms with Crippen molar-refractivity contribution in [2.45, 2.75) is 30.7 Å². The minimum Gasteiger partial charge on any atom is -0.274 e. The smallest absolute Gasteiger partial charge is 0.243 e. The van der Waals surface area contributed by atoms with Crippen molar-refractivity contribution in [3.05, 3.63) is 12.4 Å². The van der Waals surface area contributed by atoms with Gasteiger partial charge in [0.05, 0.1) is 6.20 Å². The first-order chi connectivity index (χ1) is 7.49. The summed E-state index contributed by atoms with van der Waals surface area (Å²) in [4.78, 5) is 0.158. The summed E-state index contributed by atoms with van der Waals surface area (Å²) in [7, 11) is -1.84. The van der Waals surface area contributed by atoms with Crippen LogP contribution in [0.3, 0.4) is 0 Å². The highest BCUT2D eigenvalue weighted by Gasteiger charge is 2.19. The van der Waals surface area contributed by atoms with E-state index < -0.39 is 10.0 Å². The second-order valence-electron chi connectivity index (χ2n) is 3.48. The second-order valence-corrected chi connectivity index (χ2v) is 5.20. The maximum absolute atomic E-state index is 11.9. The van der Waals surface area contributed by atoms with Gasteiger partial charge >= 0.3 is 0 Å². The predicted molar refractivity (Wildman–Crippen MR) is 61.1 cm³/mol. The summed E-state index contributed by atoms with van der Waals surface area (Å²) in [5, 5.41) is 3.82. The molecule has 1 aromatic rings. The van der Waals surface area contributed by atoms with Crippen LogP contribution in [0.2, 0.25) is 0 Å². The van der Waals surface area contributed by atoms with E-state index >= 15 is 0 Å². The number of hydrogen-bond acceptors (Lipinski definition) is 3. The summed E-state index contributed by atoms with van der Waals surface area (Å²) < 4.78 is 27.7. The standard InChI is InChI=1S/C10H15N3O2S/c1-4-6-9(5-2)12-16(14,15)10-7-11-13(3)8-10/h1,7-9,12H,5-6H2,2-3H3. The Hall–Kier alpha value is -1.32. The number of aromatic nitrogens is 2. The molecule has 0 radical (unpaired) electrons. The minimum atomic E-state index is -3.50. The molecule has 1 N–H and O–H groups in total. The molecule has 1 heterocycles. The molecule has 6 heteroatoms. The van der Waals surface area contributed by atoms with E-state index in [9.17, 15) is 8.42 Å². The highest BCUT2D eigenvalue weighted by Crippen LogP contribution is 2.09. The van der Waals surface area contributed by atoms with Crippen molar-refractivity contribution in [2.24, 2.45) is 7.05 Å². The van der Waals surface area contributed by atoms with Gasteiger partial charge in [0.25, 0.3) is 0 Å². The molecule has 0 spiro atoms. The molecule has 1 aromatic heterocycles. The largest absolute Gasteiger partial charge is 0.274 e. The second kappa shape index (κ2) is 5.14. The number of rotatable bonds is 5. The maximum Gasteiger partial charge on any atom is 0.243 e. The lowest BCUT2D eigenvalue weighted by atomic mass is 10.2. The molecule has 0 saturated heterocycles. The third kappa shape index (κ3) is 3.08. The highest BCUT2D eigenvalue weighted by molar-refractivity contribution is 7.89. The minimum absolute atomic E-state index is 0.158. The summed E-state index contributed by atoms with van der Waals surface area (Å²) in [5.41, 5.74) is 0. The van der Waals surface area contributed by atoms with Crippen LogP contribution in [-0.4, -0.2) is 24.2 Å². The van der Waals surface area contributed by atoms with Crippen molar-refractivity contribution >= 4 is 10.0 Å². The van der Waals surface area contributed by atoms with Crippen molar-refractivity contribution < 1.29 is 8.42 Å². The van der Waals surface area contributed by atoms with E-state index in [-0.39, 0.29) is 10.9 Å².